The van der Waals surface area contributed by atoms with Gasteiger partial charge in [0, 0.05) is 16.7 Å². The van der Waals surface area contributed by atoms with Crippen LogP contribution in [-0.4, -0.2) is 15.0 Å². The predicted octanol–water partition coefficient (Wildman–Crippen LogP) is 14.0. The van der Waals surface area contributed by atoms with Gasteiger partial charge in [0.25, 0.3) is 0 Å². The summed E-state index contributed by atoms with van der Waals surface area (Å²) in [5.74, 6) is 1.93. The van der Waals surface area contributed by atoms with Gasteiger partial charge in [-0.05, 0) is 119 Å². The molecule has 10 aromatic carbocycles. The van der Waals surface area contributed by atoms with E-state index in [1.54, 1.807) is 0 Å². The summed E-state index contributed by atoms with van der Waals surface area (Å²) in [4.78, 5) is 15.7. The van der Waals surface area contributed by atoms with Crippen LogP contribution in [0.1, 0.15) is 0 Å². The minimum atomic E-state index is 0.635. The molecule has 0 radical (unpaired) electrons. The summed E-state index contributed by atoms with van der Waals surface area (Å²) < 4.78 is 0. The molecule has 0 spiro atoms. The van der Waals surface area contributed by atoms with E-state index in [2.05, 4.69) is 200 Å². The lowest BCUT2D eigenvalue weighted by molar-refractivity contribution is 1.08. The molecule has 0 aliphatic carbocycles. The van der Waals surface area contributed by atoms with E-state index in [0.717, 1.165) is 44.0 Å². The van der Waals surface area contributed by atoms with Gasteiger partial charge in [-0.2, -0.15) is 0 Å². The van der Waals surface area contributed by atoms with E-state index in [4.69, 9.17) is 15.0 Å². The van der Waals surface area contributed by atoms with E-state index in [9.17, 15) is 0 Å². The molecule has 1 heterocycles. The standard InChI is InChI=1S/C53H33N3/c1-2-11-34(12-3-1)38-21-22-41-29-39(23-24-40(41)28-38)37-16-10-17-44(30-37)51-54-52(45-26-25-42-27-35-13-4-5-14-36(35)31-46(42)32-45)56-53(55-51)50-33-43-15-6-7-18-47(43)48-19-8-9-20-49(48)50/h1-33H. The molecule has 0 unspecified atom stereocenters. The van der Waals surface area contributed by atoms with Gasteiger partial charge in [0.2, 0.25) is 0 Å². The highest BCUT2D eigenvalue weighted by molar-refractivity contribution is 6.13. The van der Waals surface area contributed by atoms with Crippen molar-refractivity contribution in [3.05, 3.63) is 200 Å². The Balaban J connectivity index is 1.07. The van der Waals surface area contributed by atoms with Gasteiger partial charge >= 0.3 is 0 Å². The molecular weight excluding hydrogens is 679 g/mol. The van der Waals surface area contributed by atoms with E-state index in [0.29, 0.717) is 17.5 Å². The monoisotopic (exact) mass is 711 g/mol. The van der Waals surface area contributed by atoms with Crippen LogP contribution < -0.4 is 0 Å². The maximum atomic E-state index is 5.26. The van der Waals surface area contributed by atoms with E-state index in [1.807, 2.05) is 0 Å². The van der Waals surface area contributed by atoms with Crippen LogP contribution in [0.25, 0.3) is 110 Å². The van der Waals surface area contributed by atoms with Crippen LogP contribution in [-0.2, 0) is 0 Å². The third-order valence-corrected chi connectivity index (χ3v) is 11.0. The number of fused-ring (bicyclic) bond motifs is 6. The van der Waals surface area contributed by atoms with E-state index >= 15 is 0 Å². The molecule has 0 saturated heterocycles. The molecular formula is C53H33N3. The van der Waals surface area contributed by atoms with Crippen molar-refractivity contribution in [2.24, 2.45) is 0 Å². The quantitative estimate of drug-likeness (QED) is 0.132. The minimum Gasteiger partial charge on any atom is -0.208 e. The van der Waals surface area contributed by atoms with Crippen molar-refractivity contribution < 1.29 is 0 Å². The zero-order valence-corrected chi connectivity index (χ0v) is 30.4. The van der Waals surface area contributed by atoms with E-state index < -0.39 is 0 Å². The largest absolute Gasteiger partial charge is 0.208 e. The topological polar surface area (TPSA) is 38.7 Å². The summed E-state index contributed by atoms with van der Waals surface area (Å²) >= 11 is 0. The molecule has 1 aromatic heterocycles. The van der Waals surface area contributed by atoms with Gasteiger partial charge in [0.05, 0.1) is 0 Å². The Morgan fingerprint density at radius 3 is 1.39 bits per heavy atom. The predicted molar refractivity (Wildman–Crippen MR) is 235 cm³/mol. The first-order chi connectivity index (χ1) is 27.7. The van der Waals surface area contributed by atoms with Gasteiger partial charge < -0.3 is 0 Å². The summed E-state index contributed by atoms with van der Waals surface area (Å²) in [6.45, 7) is 0. The fourth-order valence-corrected chi connectivity index (χ4v) is 8.15. The highest BCUT2D eigenvalue weighted by Gasteiger charge is 2.17. The third kappa shape index (κ3) is 5.66. The molecule has 0 N–H and O–H groups in total. The van der Waals surface area contributed by atoms with Crippen molar-refractivity contribution >= 4 is 53.9 Å². The van der Waals surface area contributed by atoms with Crippen molar-refractivity contribution in [1.82, 2.24) is 15.0 Å². The van der Waals surface area contributed by atoms with Crippen LogP contribution in [0.15, 0.2) is 200 Å². The lowest BCUT2D eigenvalue weighted by Gasteiger charge is -2.13. The van der Waals surface area contributed by atoms with Gasteiger partial charge in [0.1, 0.15) is 0 Å². The van der Waals surface area contributed by atoms with Gasteiger partial charge in [-0.1, -0.05) is 158 Å². The maximum Gasteiger partial charge on any atom is 0.164 e. The van der Waals surface area contributed by atoms with Gasteiger partial charge in [-0.15, -0.1) is 0 Å². The highest BCUT2D eigenvalue weighted by Crippen LogP contribution is 2.37. The summed E-state index contributed by atoms with van der Waals surface area (Å²) in [5.41, 5.74) is 7.55. The molecule has 3 heteroatoms. The lowest BCUT2D eigenvalue weighted by atomic mass is 9.96. The number of rotatable bonds is 5. The Kier molecular flexibility index (Phi) is 7.49. The zero-order chi connectivity index (χ0) is 37.0. The Labute approximate surface area is 324 Å². The van der Waals surface area contributed by atoms with Crippen LogP contribution in [0, 0.1) is 0 Å². The first kappa shape index (κ1) is 32.0. The second kappa shape index (κ2) is 13.1. The molecule has 0 aliphatic heterocycles. The number of hydrogen-bond acceptors (Lipinski definition) is 3. The van der Waals surface area contributed by atoms with Crippen LogP contribution in [0.4, 0.5) is 0 Å². The number of aromatic nitrogens is 3. The van der Waals surface area contributed by atoms with Gasteiger partial charge in [-0.3, -0.25) is 0 Å². The molecule has 0 aliphatic rings. The van der Waals surface area contributed by atoms with Crippen LogP contribution in [0.2, 0.25) is 0 Å². The summed E-state index contributed by atoms with van der Waals surface area (Å²) in [5, 5.41) is 11.8. The zero-order valence-electron chi connectivity index (χ0n) is 30.4. The second-order valence-electron chi connectivity index (χ2n) is 14.5. The van der Waals surface area contributed by atoms with Gasteiger partial charge in [0.15, 0.2) is 17.5 Å². The number of benzene rings is 10. The smallest absolute Gasteiger partial charge is 0.164 e. The summed E-state index contributed by atoms with van der Waals surface area (Å²) in [7, 11) is 0. The van der Waals surface area contributed by atoms with Crippen LogP contribution in [0.3, 0.4) is 0 Å². The molecule has 11 rings (SSSR count). The Morgan fingerprint density at radius 1 is 0.214 bits per heavy atom. The SMILES string of the molecule is c1ccc(-c2ccc3cc(-c4cccc(-c5nc(-c6ccc7cc8ccccc8cc7c6)nc(-c6cc7ccccc7c7ccccc67)n5)c4)ccc3c2)cc1. The molecule has 260 valence electrons. The fraction of sp³-hybridized carbons (Fsp3) is 0. The first-order valence-electron chi connectivity index (χ1n) is 19.0. The van der Waals surface area contributed by atoms with Crippen molar-refractivity contribution in [2.75, 3.05) is 0 Å². The highest BCUT2D eigenvalue weighted by atomic mass is 15.0. The van der Waals surface area contributed by atoms with E-state index in [1.165, 1.54) is 48.8 Å². The van der Waals surface area contributed by atoms with E-state index in [-0.39, 0.29) is 0 Å². The first-order valence-corrected chi connectivity index (χ1v) is 19.0. The molecule has 0 fully saturated rings. The van der Waals surface area contributed by atoms with Crippen LogP contribution in [0.5, 0.6) is 0 Å². The number of hydrogen-bond donors (Lipinski definition) is 0. The van der Waals surface area contributed by atoms with Crippen molar-refractivity contribution in [3.8, 4) is 56.4 Å². The molecule has 56 heavy (non-hydrogen) atoms. The Bertz CT molecular complexity index is 3310. The van der Waals surface area contributed by atoms with Gasteiger partial charge in [-0.25, -0.2) is 15.0 Å². The molecule has 0 bridgehead atoms. The van der Waals surface area contributed by atoms with Crippen molar-refractivity contribution in [2.45, 2.75) is 0 Å². The minimum absolute atomic E-state index is 0.635. The normalized spacial score (nSPS) is 11.6. The third-order valence-electron chi connectivity index (χ3n) is 11.0. The molecule has 0 saturated carbocycles. The lowest BCUT2D eigenvalue weighted by Crippen LogP contribution is -2.01. The maximum absolute atomic E-state index is 5.26. The molecule has 3 nitrogen and oxygen atoms in total. The Hall–Kier alpha value is -7.49. The molecule has 0 atom stereocenters. The second-order valence-corrected chi connectivity index (χ2v) is 14.5. The Morgan fingerprint density at radius 2 is 0.661 bits per heavy atom. The summed E-state index contributed by atoms with van der Waals surface area (Å²) in [6.07, 6.45) is 0. The average molecular weight is 712 g/mol. The number of nitrogens with zero attached hydrogens (tertiary/aromatic N) is 3. The van der Waals surface area contributed by atoms with Crippen molar-refractivity contribution in [3.63, 3.8) is 0 Å². The fourth-order valence-electron chi connectivity index (χ4n) is 8.15. The average Bonchev–Trinajstić information content (AvgIpc) is 3.27. The molecule has 11 aromatic rings. The molecule has 0 amide bonds. The van der Waals surface area contributed by atoms with Crippen LogP contribution >= 0.6 is 0 Å². The summed E-state index contributed by atoms with van der Waals surface area (Å²) in [6, 6.07) is 71.3. The van der Waals surface area contributed by atoms with Crippen molar-refractivity contribution in [1.29, 1.82) is 0 Å².